The number of carbonyl (C=O) groups excluding carboxylic acids is 2. The molecule has 0 fully saturated rings. The van der Waals surface area contributed by atoms with E-state index in [0.717, 1.165) is 21.3 Å². The third-order valence-corrected chi connectivity index (χ3v) is 3.96. The van der Waals surface area contributed by atoms with Crippen molar-refractivity contribution in [2.24, 2.45) is 0 Å². The van der Waals surface area contributed by atoms with Gasteiger partial charge < -0.3 is 26.1 Å². The average molecular weight is 637 g/mol. The number of aromatic nitrogens is 2. The fourth-order valence-electron chi connectivity index (χ4n) is 2.52. The van der Waals surface area contributed by atoms with Gasteiger partial charge in [0.15, 0.2) is 11.6 Å². The molecule has 0 aliphatic heterocycles. The Hall–Kier alpha value is -3.95. The first-order valence-electron chi connectivity index (χ1n) is 10.9. The molecule has 9 nitrogen and oxygen atoms in total. The first-order valence-corrected chi connectivity index (χ1v) is 11.8. The Labute approximate surface area is 260 Å². The van der Waals surface area contributed by atoms with Crippen molar-refractivity contribution in [1.82, 2.24) is 9.97 Å². The van der Waals surface area contributed by atoms with Crippen LogP contribution in [0.2, 0.25) is 0 Å². The standard InChI is InChI=1S/2C12H9NO.2CNS.3CH4O.Ni/c2*14-12(10-4-2-1-3-5-10)11-6-8-13-9-7-11;2*2-1-3;3*1-2;/h2*1-9H;;;3*2H,1H3;/q;;2*-1;;;;+2. The second-order valence-electron chi connectivity index (χ2n) is 6.04. The second-order valence-corrected chi connectivity index (χ2v) is 6.41. The van der Waals surface area contributed by atoms with Crippen LogP contribution in [0.15, 0.2) is 110 Å². The summed E-state index contributed by atoms with van der Waals surface area (Å²) in [5, 5.41) is 37.9. The maximum Gasteiger partial charge on any atom is 2.00 e. The molecule has 4 aromatic rings. The second kappa shape index (κ2) is 34.1. The molecule has 218 valence electrons. The third-order valence-electron chi connectivity index (χ3n) is 3.96. The molecule has 0 aliphatic rings. The van der Waals surface area contributed by atoms with E-state index in [1.165, 1.54) is 10.3 Å². The van der Waals surface area contributed by atoms with Gasteiger partial charge in [0.25, 0.3) is 0 Å². The van der Waals surface area contributed by atoms with Gasteiger partial charge >= 0.3 is 16.5 Å². The molecule has 2 heterocycles. The van der Waals surface area contributed by atoms with E-state index in [-0.39, 0.29) is 28.1 Å². The molecule has 0 atom stereocenters. The van der Waals surface area contributed by atoms with E-state index in [9.17, 15) is 9.59 Å². The van der Waals surface area contributed by atoms with Crippen LogP contribution in [-0.4, -0.2) is 68.5 Å². The topological polar surface area (TPSA) is 165 Å². The normalized spacial score (nSPS) is 7.46. The number of carbonyl (C=O) groups is 2. The van der Waals surface area contributed by atoms with Gasteiger partial charge in [-0.3, -0.25) is 19.6 Å². The molecule has 0 spiro atoms. The molecular weight excluding hydrogens is 607 g/mol. The van der Waals surface area contributed by atoms with Crippen molar-refractivity contribution in [3.8, 4) is 0 Å². The van der Waals surface area contributed by atoms with Gasteiger partial charge in [0.1, 0.15) is 0 Å². The molecule has 0 aliphatic carbocycles. The average Bonchev–Trinajstić information content (AvgIpc) is 3.06. The summed E-state index contributed by atoms with van der Waals surface area (Å²) in [6.07, 6.45) is 6.48. The molecule has 0 bridgehead atoms. The molecule has 3 N–H and O–H groups in total. The van der Waals surface area contributed by atoms with Crippen molar-refractivity contribution >= 4 is 46.3 Å². The minimum absolute atomic E-state index is 0. The molecule has 0 saturated heterocycles. The van der Waals surface area contributed by atoms with Gasteiger partial charge in [-0.25, -0.2) is 0 Å². The molecule has 0 radical (unpaired) electrons. The summed E-state index contributed by atoms with van der Waals surface area (Å²) in [7, 11) is 3.00. The van der Waals surface area contributed by atoms with Crippen molar-refractivity contribution in [3.63, 3.8) is 0 Å². The first kappa shape index (κ1) is 44.1. The van der Waals surface area contributed by atoms with Gasteiger partial charge in [-0.1, -0.05) is 85.1 Å². The van der Waals surface area contributed by atoms with Crippen LogP contribution in [0.4, 0.5) is 0 Å². The quantitative estimate of drug-likeness (QED) is 0.124. The van der Waals surface area contributed by atoms with E-state index in [1.54, 1.807) is 49.1 Å². The Morgan fingerprint density at radius 1 is 0.537 bits per heavy atom. The van der Waals surface area contributed by atoms with E-state index in [0.29, 0.717) is 22.3 Å². The van der Waals surface area contributed by atoms with E-state index < -0.39 is 0 Å². The van der Waals surface area contributed by atoms with Crippen molar-refractivity contribution in [3.05, 3.63) is 143 Å². The molecule has 0 saturated carbocycles. The number of isothiocyanates is 2. The van der Waals surface area contributed by atoms with E-state index >= 15 is 0 Å². The van der Waals surface area contributed by atoms with E-state index in [2.05, 4.69) is 34.4 Å². The van der Waals surface area contributed by atoms with Gasteiger partial charge in [0.05, 0.1) is 0 Å². The van der Waals surface area contributed by atoms with Crippen molar-refractivity contribution < 1.29 is 41.4 Å². The number of ketones is 2. The molecule has 41 heavy (non-hydrogen) atoms. The molecule has 0 unspecified atom stereocenters. The van der Waals surface area contributed by atoms with Gasteiger partial charge in [-0.15, -0.1) is 0 Å². The number of aliphatic hydroxyl groups excluding tert-OH is 3. The molecule has 12 heteroatoms. The SMILES string of the molecule is CO.CO.CO.O=C(c1ccccc1)c1ccncc1.O=C(c1ccccc1)c1ccncc1.[N-]=C=S.[N-]=C=S.[Ni+2]. The van der Waals surface area contributed by atoms with Crippen molar-refractivity contribution in [2.75, 3.05) is 21.3 Å². The number of hydrogen-bond donors (Lipinski definition) is 3. The molecule has 0 amide bonds. The zero-order valence-corrected chi connectivity index (χ0v) is 25.1. The monoisotopic (exact) mass is 636 g/mol. The number of nitrogens with zero attached hydrogens (tertiary/aromatic N) is 4. The number of pyridine rings is 2. The summed E-state index contributed by atoms with van der Waals surface area (Å²) in [6.45, 7) is 0. The summed E-state index contributed by atoms with van der Waals surface area (Å²) in [6, 6.07) is 25.3. The number of hydrogen-bond acceptors (Lipinski definition) is 9. The minimum atomic E-state index is 0. The van der Waals surface area contributed by atoms with Crippen LogP contribution < -0.4 is 0 Å². The van der Waals surface area contributed by atoms with Crippen molar-refractivity contribution in [1.29, 1.82) is 0 Å². The van der Waals surface area contributed by atoms with Crippen LogP contribution in [0.25, 0.3) is 10.8 Å². The Morgan fingerprint density at radius 3 is 0.951 bits per heavy atom. The number of aliphatic hydroxyl groups is 3. The summed E-state index contributed by atoms with van der Waals surface area (Å²) in [4.78, 5) is 31.4. The number of thiocarbonyl (C=S) groups is 2. The van der Waals surface area contributed by atoms with Crippen LogP contribution in [0.3, 0.4) is 0 Å². The first-order chi connectivity index (χ1) is 19.6. The largest absolute Gasteiger partial charge is 2.00 e. The fourth-order valence-corrected chi connectivity index (χ4v) is 2.52. The predicted octanol–water partition coefficient (Wildman–Crippen LogP) is 4.77. The Morgan fingerprint density at radius 2 is 0.732 bits per heavy atom. The van der Waals surface area contributed by atoms with Gasteiger partial charge in [0, 0.05) is 68.4 Å². The zero-order chi connectivity index (χ0) is 31.0. The summed E-state index contributed by atoms with van der Waals surface area (Å²) < 4.78 is 0. The summed E-state index contributed by atoms with van der Waals surface area (Å²) in [5.41, 5.74) is 2.76. The van der Waals surface area contributed by atoms with E-state index in [4.69, 9.17) is 26.1 Å². The summed E-state index contributed by atoms with van der Waals surface area (Å²) >= 11 is 7.40. The van der Waals surface area contributed by atoms with Gasteiger partial charge in [-0.05, 0) is 24.3 Å². The number of benzene rings is 2. The van der Waals surface area contributed by atoms with Gasteiger partial charge in [0.2, 0.25) is 0 Å². The Kier molecular flexibility index (Phi) is 36.6. The van der Waals surface area contributed by atoms with Crippen LogP contribution in [-0.2, 0) is 16.5 Å². The van der Waals surface area contributed by atoms with Crippen LogP contribution in [0.5, 0.6) is 0 Å². The third kappa shape index (κ3) is 21.5. The fraction of sp³-hybridized carbons (Fsp3) is 0.103. The Balaban J connectivity index is -0.000000239. The molecule has 4 rings (SSSR count). The van der Waals surface area contributed by atoms with Crippen LogP contribution >= 0.6 is 24.4 Å². The van der Waals surface area contributed by atoms with Crippen LogP contribution in [0, 0.1) is 0 Å². The predicted molar refractivity (Wildman–Crippen MR) is 165 cm³/mol. The van der Waals surface area contributed by atoms with E-state index in [1.807, 2.05) is 60.7 Å². The van der Waals surface area contributed by atoms with Gasteiger partial charge in [-0.2, -0.15) is 10.3 Å². The number of rotatable bonds is 4. The van der Waals surface area contributed by atoms with Crippen molar-refractivity contribution in [2.45, 2.75) is 0 Å². The molecule has 2 aromatic heterocycles. The molecular formula is C29H30N4NiO5S2. The minimum Gasteiger partial charge on any atom is -0.753 e. The maximum atomic E-state index is 11.8. The Bertz CT molecular complexity index is 1050. The smallest absolute Gasteiger partial charge is 0.753 e. The maximum absolute atomic E-state index is 11.8. The zero-order valence-electron chi connectivity index (χ0n) is 22.5. The summed E-state index contributed by atoms with van der Waals surface area (Å²) in [5.74, 6) is 0.0704. The van der Waals surface area contributed by atoms with Crippen LogP contribution in [0.1, 0.15) is 31.8 Å². The molecule has 2 aromatic carbocycles.